The average Bonchev–Trinajstić information content (AvgIpc) is 2.85. The van der Waals surface area contributed by atoms with Gasteiger partial charge in [0, 0.05) is 5.56 Å². The molecular formula is C14H14O3S. The summed E-state index contributed by atoms with van der Waals surface area (Å²) in [6.07, 6.45) is 0.848. The molecule has 0 aliphatic rings. The maximum Gasteiger partial charge on any atom is 0.161 e. The predicted octanol–water partition coefficient (Wildman–Crippen LogP) is 3.46. The van der Waals surface area contributed by atoms with Crippen molar-refractivity contribution in [3.63, 3.8) is 0 Å². The summed E-state index contributed by atoms with van der Waals surface area (Å²) in [5.74, 6) is 1.43. The summed E-state index contributed by atoms with van der Waals surface area (Å²) in [4.78, 5) is 11.3. The van der Waals surface area contributed by atoms with Gasteiger partial charge in [0.1, 0.15) is 6.61 Å². The van der Waals surface area contributed by atoms with Gasteiger partial charge in [0.25, 0.3) is 0 Å². The minimum Gasteiger partial charge on any atom is -0.493 e. The molecular weight excluding hydrogens is 248 g/mol. The van der Waals surface area contributed by atoms with Gasteiger partial charge in [-0.3, -0.25) is 4.79 Å². The first kappa shape index (κ1) is 12.6. The van der Waals surface area contributed by atoms with Crippen LogP contribution in [0, 0.1) is 6.92 Å². The number of benzene rings is 1. The molecule has 0 atom stereocenters. The first-order chi connectivity index (χ1) is 8.72. The van der Waals surface area contributed by atoms with E-state index in [4.69, 9.17) is 9.47 Å². The number of hydrogen-bond acceptors (Lipinski definition) is 4. The van der Waals surface area contributed by atoms with Crippen molar-refractivity contribution >= 4 is 17.6 Å². The molecule has 0 spiro atoms. The second-order valence-corrected chi connectivity index (χ2v) is 4.86. The number of aldehydes is 1. The van der Waals surface area contributed by atoms with Crippen LogP contribution >= 0.6 is 11.3 Å². The number of ether oxygens (including phenoxy) is 2. The summed E-state index contributed by atoms with van der Waals surface area (Å²) in [5.41, 5.74) is 2.11. The molecule has 1 heterocycles. The lowest BCUT2D eigenvalue weighted by molar-refractivity contribution is 0.112. The molecule has 0 radical (unpaired) electrons. The Bertz CT molecular complexity index is 546. The number of thiophene rings is 1. The zero-order valence-electron chi connectivity index (χ0n) is 10.3. The molecule has 0 unspecified atom stereocenters. The molecule has 0 saturated carbocycles. The Morgan fingerprint density at radius 1 is 1.28 bits per heavy atom. The van der Waals surface area contributed by atoms with Crippen molar-refractivity contribution < 1.29 is 14.3 Å². The van der Waals surface area contributed by atoms with Crippen LogP contribution in [0.2, 0.25) is 0 Å². The van der Waals surface area contributed by atoms with Crippen LogP contribution in [0.5, 0.6) is 11.5 Å². The van der Waals surface area contributed by atoms with Gasteiger partial charge < -0.3 is 9.47 Å². The molecule has 0 amide bonds. The Kier molecular flexibility index (Phi) is 3.99. The molecule has 0 bridgehead atoms. The van der Waals surface area contributed by atoms with Crippen LogP contribution in [0.25, 0.3) is 0 Å². The highest BCUT2D eigenvalue weighted by Gasteiger charge is 2.05. The largest absolute Gasteiger partial charge is 0.493 e. The predicted molar refractivity (Wildman–Crippen MR) is 71.8 cm³/mol. The molecule has 0 aliphatic carbocycles. The summed E-state index contributed by atoms with van der Waals surface area (Å²) >= 11 is 1.42. The van der Waals surface area contributed by atoms with Gasteiger partial charge in [-0.1, -0.05) is 6.07 Å². The van der Waals surface area contributed by atoms with Gasteiger partial charge in [0.15, 0.2) is 17.8 Å². The van der Waals surface area contributed by atoms with Crippen LogP contribution in [0.4, 0.5) is 0 Å². The van der Waals surface area contributed by atoms with Gasteiger partial charge >= 0.3 is 0 Å². The lowest BCUT2D eigenvalue weighted by Crippen LogP contribution is -1.96. The average molecular weight is 262 g/mol. The third kappa shape index (κ3) is 2.90. The second kappa shape index (κ2) is 5.69. The Labute approximate surface area is 110 Å². The van der Waals surface area contributed by atoms with Crippen LogP contribution < -0.4 is 9.47 Å². The minimum absolute atomic E-state index is 0.434. The molecule has 3 nitrogen and oxygen atoms in total. The van der Waals surface area contributed by atoms with Crippen LogP contribution in [-0.2, 0) is 6.61 Å². The number of methoxy groups -OCH3 is 1. The quantitative estimate of drug-likeness (QED) is 0.774. The zero-order valence-corrected chi connectivity index (χ0v) is 11.1. The molecule has 2 rings (SSSR count). The Hall–Kier alpha value is -1.81. The molecule has 4 heteroatoms. The fourth-order valence-corrected chi connectivity index (χ4v) is 2.29. The smallest absolute Gasteiger partial charge is 0.161 e. The van der Waals surface area contributed by atoms with Crippen molar-refractivity contribution in [2.45, 2.75) is 13.5 Å². The van der Waals surface area contributed by atoms with E-state index in [0.717, 1.165) is 23.2 Å². The van der Waals surface area contributed by atoms with E-state index in [1.807, 2.05) is 36.6 Å². The van der Waals surface area contributed by atoms with Crippen molar-refractivity contribution in [2.24, 2.45) is 0 Å². The highest BCUT2D eigenvalue weighted by Crippen LogP contribution is 2.28. The Morgan fingerprint density at radius 2 is 2.11 bits per heavy atom. The fourth-order valence-electron chi connectivity index (χ4n) is 1.59. The van der Waals surface area contributed by atoms with Crippen LogP contribution in [-0.4, -0.2) is 13.4 Å². The third-order valence-corrected chi connectivity index (χ3v) is 3.41. The van der Waals surface area contributed by atoms with E-state index in [9.17, 15) is 4.79 Å². The molecule has 2 aromatic rings. The monoisotopic (exact) mass is 262 g/mol. The van der Waals surface area contributed by atoms with E-state index in [1.54, 1.807) is 7.11 Å². The number of rotatable bonds is 5. The Balaban J connectivity index is 2.07. The second-order valence-electron chi connectivity index (χ2n) is 3.92. The van der Waals surface area contributed by atoms with Crippen LogP contribution in [0.1, 0.15) is 20.8 Å². The van der Waals surface area contributed by atoms with E-state index in [-0.39, 0.29) is 0 Å². The summed E-state index contributed by atoms with van der Waals surface area (Å²) < 4.78 is 11.0. The van der Waals surface area contributed by atoms with E-state index in [1.165, 1.54) is 11.3 Å². The van der Waals surface area contributed by atoms with Crippen LogP contribution in [0.15, 0.2) is 29.6 Å². The molecule has 0 saturated heterocycles. The van der Waals surface area contributed by atoms with Crippen molar-refractivity contribution in [1.29, 1.82) is 0 Å². The number of carbonyl (C=O) groups is 1. The number of carbonyl (C=O) groups excluding carboxylic acids is 1. The normalized spacial score (nSPS) is 10.1. The van der Waals surface area contributed by atoms with Crippen LogP contribution in [0.3, 0.4) is 0 Å². The zero-order chi connectivity index (χ0) is 13.0. The van der Waals surface area contributed by atoms with E-state index < -0.39 is 0 Å². The molecule has 94 valence electrons. The van der Waals surface area contributed by atoms with Gasteiger partial charge in [-0.05, 0) is 36.1 Å². The summed E-state index contributed by atoms with van der Waals surface area (Å²) in [7, 11) is 1.62. The molecule has 1 aromatic carbocycles. The third-order valence-electron chi connectivity index (χ3n) is 2.50. The number of hydrogen-bond donors (Lipinski definition) is 0. The van der Waals surface area contributed by atoms with Gasteiger partial charge in [-0.25, -0.2) is 0 Å². The maximum absolute atomic E-state index is 10.6. The molecule has 1 aromatic heterocycles. The van der Waals surface area contributed by atoms with Gasteiger partial charge in [0.05, 0.1) is 12.0 Å². The van der Waals surface area contributed by atoms with Crippen molar-refractivity contribution in [3.05, 3.63) is 45.6 Å². The maximum atomic E-state index is 10.6. The lowest BCUT2D eigenvalue weighted by atomic mass is 10.2. The summed E-state index contributed by atoms with van der Waals surface area (Å²) in [6.45, 7) is 2.44. The highest BCUT2D eigenvalue weighted by molar-refractivity contribution is 7.11. The van der Waals surface area contributed by atoms with Crippen molar-refractivity contribution in [2.75, 3.05) is 7.11 Å². The van der Waals surface area contributed by atoms with E-state index in [2.05, 4.69) is 0 Å². The first-order valence-corrected chi connectivity index (χ1v) is 6.41. The highest BCUT2D eigenvalue weighted by atomic mass is 32.1. The Morgan fingerprint density at radius 3 is 2.78 bits per heavy atom. The van der Waals surface area contributed by atoms with Crippen molar-refractivity contribution in [3.8, 4) is 11.5 Å². The van der Waals surface area contributed by atoms with E-state index >= 15 is 0 Å². The molecule has 0 aliphatic heterocycles. The first-order valence-electron chi connectivity index (χ1n) is 5.53. The standard InChI is InChI=1S/C14H14O3S/c1-10-3-4-13(14(5-10)16-2)17-8-11-6-12(7-15)18-9-11/h3-7,9H,8H2,1-2H3. The van der Waals surface area contributed by atoms with Gasteiger partial charge in [-0.2, -0.15) is 0 Å². The van der Waals surface area contributed by atoms with Gasteiger partial charge in [-0.15, -0.1) is 11.3 Å². The fraction of sp³-hybridized carbons (Fsp3) is 0.214. The number of aryl methyl sites for hydroxylation is 1. The molecule has 0 fully saturated rings. The van der Waals surface area contributed by atoms with Gasteiger partial charge in [0.2, 0.25) is 0 Å². The summed E-state index contributed by atoms with van der Waals surface area (Å²) in [6, 6.07) is 7.63. The van der Waals surface area contributed by atoms with Crippen molar-refractivity contribution in [1.82, 2.24) is 0 Å². The lowest BCUT2D eigenvalue weighted by Gasteiger charge is -2.10. The summed E-state index contributed by atoms with van der Waals surface area (Å²) in [5, 5.41) is 1.92. The topological polar surface area (TPSA) is 35.5 Å². The molecule has 18 heavy (non-hydrogen) atoms. The minimum atomic E-state index is 0.434. The molecule has 0 N–H and O–H groups in total. The SMILES string of the molecule is COc1cc(C)ccc1OCc1csc(C=O)c1. The van der Waals surface area contributed by atoms with E-state index in [0.29, 0.717) is 17.2 Å².